The number of nitrogens with zero attached hydrogens (tertiary/aromatic N) is 2. The summed E-state index contributed by atoms with van der Waals surface area (Å²) in [6.07, 6.45) is 5.36. The molecule has 1 unspecified atom stereocenters. The Morgan fingerprint density at radius 1 is 1.00 bits per heavy atom. The summed E-state index contributed by atoms with van der Waals surface area (Å²) in [5.41, 5.74) is 5.14. The smallest absolute Gasteiger partial charge is 0.349 e. The third-order valence-electron chi connectivity index (χ3n) is 7.11. The van der Waals surface area contributed by atoms with Crippen molar-refractivity contribution < 1.29 is 19.4 Å². The number of benzene rings is 2. The van der Waals surface area contributed by atoms with Crippen LogP contribution < -0.4 is 10.3 Å². The fourth-order valence-electron chi connectivity index (χ4n) is 5.13. The van der Waals surface area contributed by atoms with Crippen LogP contribution in [0.5, 0.6) is 5.75 Å². The molecular weight excluding hydrogens is 504 g/mol. The summed E-state index contributed by atoms with van der Waals surface area (Å²) in [6, 6.07) is 13.2. The van der Waals surface area contributed by atoms with Gasteiger partial charge in [-0.05, 0) is 49.3 Å². The summed E-state index contributed by atoms with van der Waals surface area (Å²) in [5.74, 6) is 0.331. The van der Waals surface area contributed by atoms with E-state index in [-0.39, 0.29) is 5.56 Å². The number of carbonyl (C=O) groups is 1. The first kappa shape index (κ1) is 31.1. The van der Waals surface area contributed by atoms with Gasteiger partial charge in [-0.25, -0.2) is 9.78 Å². The van der Waals surface area contributed by atoms with Crippen LogP contribution in [0.25, 0.3) is 0 Å². The SMILES string of the molecule is CCCCc1nc(C)n(CCOC)c(=O)c1Cc1cc(CCC)c(OC(C(=O)O)c2ccccc2)c(CCC)c1. The molecule has 1 heterocycles. The maximum absolute atomic E-state index is 13.7. The molecule has 7 heteroatoms. The molecule has 0 bridgehead atoms. The monoisotopic (exact) mass is 548 g/mol. The van der Waals surface area contributed by atoms with Crippen molar-refractivity contribution >= 4 is 5.97 Å². The molecule has 0 saturated carbocycles. The minimum absolute atomic E-state index is 0.0138. The molecule has 0 amide bonds. The van der Waals surface area contributed by atoms with Gasteiger partial charge in [0, 0.05) is 24.7 Å². The third kappa shape index (κ3) is 7.81. The maximum atomic E-state index is 13.7. The topological polar surface area (TPSA) is 90.7 Å². The predicted molar refractivity (Wildman–Crippen MR) is 158 cm³/mol. The van der Waals surface area contributed by atoms with E-state index in [9.17, 15) is 14.7 Å². The molecule has 2 aromatic carbocycles. The van der Waals surface area contributed by atoms with E-state index in [2.05, 4.69) is 32.9 Å². The standard InChI is InChI=1S/C33H44N2O5/c1-6-9-17-29-28(32(36)35(18-19-39-5)23(4)34-29)22-24-20-26(13-7-2)30(27(21-24)14-8-3)40-31(33(37)38)25-15-11-10-12-16-25/h10-12,15-16,20-21,31H,6-9,13-14,17-19,22H2,1-5H3,(H,37,38). The van der Waals surface area contributed by atoms with E-state index in [4.69, 9.17) is 14.5 Å². The van der Waals surface area contributed by atoms with Crippen LogP contribution in [0.15, 0.2) is 47.3 Å². The Morgan fingerprint density at radius 2 is 1.65 bits per heavy atom. The Kier molecular flexibility index (Phi) is 11.9. The highest BCUT2D eigenvalue weighted by Gasteiger charge is 2.25. The van der Waals surface area contributed by atoms with Crippen LogP contribution in [0.3, 0.4) is 0 Å². The molecule has 0 aliphatic rings. The van der Waals surface area contributed by atoms with E-state index < -0.39 is 12.1 Å². The van der Waals surface area contributed by atoms with E-state index in [0.717, 1.165) is 72.9 Å². The van der Waals surface area contributed by atoms with Gasteiger partial charge in [-0.3, -0.25) is 9.36 Å². The van der Waals surface area contributed by atoms with E-state index in [0.29, 0.717) is 36.7 Å². The van der Waals surface area contributed by atoms with E-state index in [1.165, 1.54) is 0 Å². The first-order chi connectivity index (χ1) is 19.3. The van der Waals surface area contributed by atoms with E-state index in [1.807, 2.05) is 25.1 Å². The van der Waals surface area contributed by atoms with Crippen molar-refractivity contribution in [1.82, 2.24) is 9.55 Å². The van der Waals surface area contributed by atoms with Gasteiger partial charge in [0.05, 0.1) is 18.8 Å². The van der Waals surface area contributed by atoms with Crippen LogP contribution in [-0.2, 0) is 41.8 Å². The summed E-state index contributed by atoms with van der Waals surface area (Å²) in [5, 5.41) is 10.0. The number of aromatic nitrogens is 2. The normalized spacial score (nSPS) is 11.9. The average Bonchev–Trinajstić information content (AvgIpc) is 2.93. The van der Waals surface area contributed by atoms with Crippen LogP contribution in [0.4, 0.5) is 0 Å². The van der Waals surface area contributed by atoms with Gasteiger partial charge in [0.1, 0.15) is 11.6 Å². The summed E-state index contributed by atoms with van der Waals surface area (Å²) in [4.78, 5) is 30.9. The number of hydrogen-bond donors (Lipinski definition) is 1. The quantitative estimate of drug-likeness (QED) is 0.228. The number of aliphatic carboxylic acids is 1. The van der Waals surface area contributed by atoms with Crippen molar-refractivity contribution in [3.05, 3.63) is 92.2 Å². The van der Waals surface area contributed by atoms with Gasteiger partial charge in [-0.15, -0.1) is 0 Å². The number of ether oxygens (including phenoxy) is 2. The van der Waals surface area contributed by atoms with Gasteiger partial charge >= 0.3 is 5.97 Å². The van der Waals surface area contributed by atoms with Gasteiger partial charge in [0.25, 0.3) is 5.56 Å². The average molecular weight is 549 g/mol. The molecule has 0 saturated heterocycles. The molecule has 1 atom stereocenters. The lowest BCUT2D eigenvalue weighted by molar-refractivity contribution is -0.145. The zero-order valence-electron chi connectivity index (χ0n) is 24.7. The summed E-state index contributed by atoms with van der Waals surface area (Å²) < 4.78 is 13.3. The van der Waals surface area contributed by atoms with E-state index >= 15 is 0 Å². The van der Waals surface area contributed by atoms with Crippen LogP contribution in [0.1, 0.15) is 91.9 Å². The van der Waals surface area contributed by atoms with E-state index in [1.54, 1.807) is 23.8 Å². The number of aryl methyl sites for hydroxylation is 4. The van der Waals surface area contributed by atoms with Crippen molar-refractivity contribution in [2.75, 3.05) is 13.7 Å². The second-order valence-corrected chi connectivity index (χ2v) is 10.3. The molecule has 3 aromatic rings. The molecule has 0 aliphatic carbocycles. The molecule has 40 heavy (non-hydrogen) atoms. The highest BCUT2D eigenvalue weighted by molar-refractivity contribution is 5.75. The second kappa shape index (κ2) is 15.4. The van der Waals surface area contributed by atoms with Crippen LogP contribution in [0, 0.1) is 6.92 Å². The van der Waals surface area contributed by atoms with Crippen molar-refractivity contribution in [2.24, 2.45) is 0 Å². The van der Waals surface area contributed by atoms with Gasteiger partial charge in [0.2, 0.25) is 6.10 Å². The van der Waals surface area contributed by atoms with Crippen molar-refractivity contribution in [2.45, 2.75) is 91.7 Å². The van der Waals surface area contributed by atoms with Crippen LogP contribution >= 0.6 is 0 Å². The minimum atomic E-state index is -1.10. The molecule has 0 aliphatic heterocycles. The molecule has 216 valence electrons. The number of unbranched alkanes of at least 4 members (excludes halogenated alkanes) is 1. The molecule has 3 rings (SSSR count). The third-order valence-corrected chi connectivity index (χ3v) is 7.11. The highest BCUT2D eigenvalue weighted by atomic mass is 16.5. The molecule has 0 radical (unpaired) electrons. The maximum Gasteiger partial charge on any atom is 0.349 e. The number of carboxylic acids is 1. The lowest BCUT2D eigenvalue weighted by Gasteiger charge is -2.22. The Labute approximate surface area is 238 Å². The molecule has 0 fully saturated rings. The molecule has 7 nitrogen and oxygen atoms in total. The number of hydrogen-bond acceptors (Lipinski definition) is 5. The summed E-state index contributed by atoms with van der Waals surface area (Å²) >= 11 is 0. The Bertz CT molecular complexity index is 1290. The molecular formula is C33H44N2O5. The fourth-order valence-corrected chi connectivity index (χ4v) is 5.13. The van der Waals surface area contributed by atoms with Gasteiger partial charge < -0.3 is 14.6 Å². The first-order valence-corrected chi connectivity index (χ1v) is 14.5. The zero-order chi connectivity index (χ0) is 29.1. The number of methoxy groups -OCH3 is 1. The van der Waals surface area contributed by atoms with Gasteiger partial charge in [0.15, 0.2) is 0 Å². The van der Waals surface area contributed by atoms with Crippen molar-refractivity contribution in [1.29, 1.82) is 0 Å². The Morgan fingerprint density at radius 3 is 2.20 bits per heavy atom. The molecule has 0 spiro atoms. The summed E-state index contributed by atoms with van der Waals surface area (Å²) in [7, 11) is 1.63. The number of rotatable bonds is 16. The zero-order valence-corrected chi connectivity index (χ0v) is 24.7. The molecule has 1 N–H and O–H groups in total. The minimum Gasteiger partial charge on any atom is -0.478 e. The first-order valence-electron chi connectivity index (χ1n) is 14.5. The van der Waals surface area contributed by atoms with Crippen LogP contribution in [0.2, 0.25) is 0 Å². The van der Waals surface area contributed by atoms with Crippen LogP contribution in [-0.4, -0.2) is 34.3 Å². The second-order valence-electron chi connectivity index (χ2n) is 10.3. The Hall–Kier alpha value is -3.45. The van der Waals surface area contributed by atoms with Crippen molar-refractivity contribution in [3.63, 3.8) is 0 Å². The predicted octanol–water partition coefficient (Wildman–Crippen LogP) is 6.24. The van der Waals surface area contributed by atoms with Gasteiger partial charge in [-0.2, -0.15) is 0 Å². The summed E-state index contributed by atoms with van der Waals surface area (Å²) in [6.45, 7) is 9.12. The largest absolute Gasteiger partial charge is 0.478 e. The Balaban J connectivity index is 2.11. The fraction of sp³-hybridized carbons (Fsp3) is 0.485. The number of carboxylic acid groups (broad SMARTS) is 1. The van der Waals surface area contributed by atoms with Crippen molar-refractivity contribution in [3.8, 4) is 5.75 Å². The highest BCUT2D eigenvalue weighted by Crippen LogP contribution is 2.33. The van der Waals surface area contributed by atoms with Gasteiger partial charge in [-0.1, -0.05) is 82.5 Å². The lowest BCUT2D eigenvalue weighted by Crippen LogP contribution is -2.30. The lowest BCUT2D eigenvalue weighted by atomic mass is 9.94. The molecule has 1 aromatic heterocycles.